The van der Waals surface area contributed by atoms with Crippen LogP contribution in [0.25, 0.3) is 0 Å². The first-order valence-electron chi connectivity index (χ1n) is 8.98. The topological polar surface area (TPSA) is 92.9 Å². The molecular weight excluding hydrogens is 318 g/mol. The average molecular weight is 341 g/mol. The van der Waals surface area contributed by atoms with Crippen LogP contribution in [0, 0.1) is 5.92 Å². The van der Waals surface area contributed by atoms with Crippen LogP contribution >= 0.6 is 0 Å². The highest BCUT2D eigenvalue weighted by Gasteiger charge is 2.34. The second-order valence-corrected chi connectivity index (χ2v) is 7.10. The number of aliphatic hydroxyl groups excluding tert-OH is 1. The number of fused-ring (bicyclic) bond motifs is 1. The van der Waals surface area contributed by atoms with E-state index >= 15 is 0 Å². The third kappa shape index (κ3) is 3.56. The zero-order chi connectivity index (χ0) is 17.2. The van der Waals surface area contributed by atoms with Crippen molar-refractivity contribution in [1.82, 2.24) is 24.8 Å². The Morgan fingerprint density at radius 3 is 2.92 bits per heavy atom. The van der Waals surface area contributed by atoms with E-state index in [1.807, 2.05) is 10.8 Å². The predicted octanol–water partition coefficient (Wildman–Crippen LogP) is 1.12. The highest BCUT2D eigenvalue weighted by atomic mass is 16.3. The monoisotopic (exact) mass is 341 g/mol. The molecular formula is C18H23N5O2. The number of imidazole rings is 1. The van der Waals surface area contributed by atoms with Crippen molar-refractivity contribution in [2.75, 3.05) is 0 Å². The summed E-state index contributed by atoms with van der Waals surface area (Å²) in [4.78, 5) is 25.5. The maximum absolute atomic E-state index is 12.5. The van der Waals surface area contributed by atoms with E-state index in [1.54, 1.807) is 18.7 Å². The zero-order valence-corrected chi connectivity index (χ0v) is 14.1. The molecule has 0 saturated heterocycles. The van der Waals surface area contributed by atoms with Gasteiger partial charge in [-0.3, -0.25) is 9.78 Å². The fraction of sp³-hybridized carbons (Fsp3) is 0.556. The fourth-order valence-corrected chi connectivity index (χ4v) is 3.91. The van der Waals surface area contributed by atoms with Gasteiger partial charge in [-0.15, -0.1) is 0 Å². The first kappa shape index (κ1) is 16.2. The Morgan fingerprint density at radius 2 is 2.12 bits per heavy atom. The van der Waals surface area contributed by atoms with Crippen LogP contribution in [0.4, 0.5) is 0 Å². The molecule has 2 aliphatic carbocycles. The van der Waals surface area contributed by atoms with Crippen molar-refractivity contribution in [3.8, 4) is 0 Å². The van der Waals surface area contributed by atoms with Crippen molar-refractivity contribution in [1.29, 1.82) is 0 Å². The van der Waals surface area contributed by atoms with E-state index in [-0.39, 0.29) is 11.9 Å². The van der Waals surface area contributed by atoms with Gasteiger partial charge < -0.3 is 15.0 Å². The lowest BCUT2D eigenvalue weighted by molar-refractivity contribution is 0.0867. The standard InChI is InChI=1S/C18H23N5O2/c24-17-8-12(10-23-6-5-19-11-23)7-15(17)22-18(25)16-9-20-13-3-1-2-4-14(13)21-16/h5-6,9,11-12,15,17,24H,1-4,7-8,10H2,(H,22,25)/t12?,15-,17-/m1/s1. The molecule has 0 aromatic carbocycles. The third-order valence-electron chi connectivity index (χ3n) is 5.21. The van der Waals surface area contributed by atoms with Crippen LogP contribution in [-0.4, -0.2) is 42.7 Å². The van der Waals surface area contributed by atoms with Gasteiger partial charge >= 0.3 is 0 Å². The minimum Gasteiger partial charge on any atom is -0.391 e. The molecule has 1 unspecified atom stereocenters. The summed E-state index contributed by atoms with van der Waals surface area (Å²) in [6.07, 6.45) is 12.0. The first-order chi connectivity index (χ1) is 12.2. The van der Waals surface area contributed by atoms with E-state index in [9.17, 15) is 9.90 Å². The molecule has 132 valence electrons. The van der Waals surface area contributed by atoms with Crippen molar-refractivity contribution in [3.63, 3.8) is 0 Å². The molecule has 0 radical (unpaired) electrons. The van der Waals surface area contributed by atoms with Gasteiger partial charge in [0.25, 0.3) is 5.91 Å². The number of aliphatic hydroxyl groups is 1. The quantitative estimate of drug-likeness (QED) is 0.869. The lowest BCUT2D eigenvalue weighted by Crippen LogP contribution is -2.40. The van der Waals surface area contributed by atoms with Gasteiger partial charge in [-0.25, -0.2) is 9.97 Å². The number of rotatable bonds is 4. The maximum atomic E-state index is 12.5. The van der Waals surface area contributed by atoms with Gasteiger partial charge in [0.1, 0.15) is 5.69 Å². The SMILES string of the molecule is O=C(N[C@@H]1CC(Cn2ccnc2)C[C@H]1O)c1cnc2c(n1)CCCC2. The number of nitrogens with one attached hydrogen (secondary N) is 1. The average Bonchev–Trinajstić information content (AvgIpc) is 3.25. The number of carbonyl (C=O) groups is 1. The molecule has 1 fully saturated rings. The molecule has 0 aliphatic heterocycles. The molecule has 1 saturated carbocycles. The first-order valence-corrected chi connectivity index (χ1v) is 8.98. The Morgan fingerprint density at radius 1 is 1.28 bits per heavy atom. The van der Waals surface area contributed by atoms with Gasteiger partial charge in [-0.05, 0) is 44.4 Å². The number of carbonyl (C=O) groups excluding carboxylic acids is 1. The number of aryl methyl sites for hydroxylation is 2. The van der Waals surface area contributed by atoms with E-state index in [1.165, 1.54) is 0 Å². The van der Waals surface area contributed by atoms with E-state index in [0.717, 1.165) is 50.0 Å². The second-order valence-electron chi connectivity index (χ2n) is 7.10. The lowest BCUT2D eigenvalue weighted by Gasteiger charge is -2.18. The van der Waals surface area contributed by atoms with Crippen LogP contribution in [0.1, 0.15) is 47.6 Å². The van der Waals surface area contributed by atoms with E-state index in [2.05, 4.69) is 20.3 Å². The van der Waals surface area contributed by atoms with Gasteiger partial charge in [0, 0.05) is 18.9 Å². The summed E-state index contributed by atoms with van der Waals surface area (Å²) in [6.45, 7) is 0.808. The summed E-state index contributed by atoms with van der Waals surface area (Å²) in [5.74, 6) is 0.0809. The molecule has 0 spiro atoms. The molecule has 2 aliphatic rings. The van der Waals surface area contributed by atoms with Crippen molar-refractivity contribution < 1.29 is 9.90 Å². The van der Waals surface area contributed by atoms with Crippen molar-refractivity contribution in [3.05, 3.63) is 42.0 Å². The smallest absolute Gasteiger partial charge is 0.271 e. The normalized spacial score (nSPS) is 25.6. The highest BCUT2D eigenvalue weighted by molar-refractivity contribution is 5.92. The molecule has 2 heterocycles. The number of hydrogen-bond donors (Lipinski definition) is 2. The largest absolute Gasteiger partial charge is 0.391 e. The van der Waals surface area contributed by atoms with E-state index in [0.29, 0.717) is 18.0 Å². The van der Waals surface area contributed by atoms with Crippen molar-refractivity contribution in [2.45, 2.75) is 57.2 Å². The van der Waals surface area contributed by atoms with Crippen LogP contribution in [0.5, 0.6) is 0 Å². The molecule has 1 amide bonds. The van der Waals surface area contributed by atoms with Crippen LogP contribution in [0.15, 0.2) is 24.9 Å². The molecule has 0 bridgehead atoms. The summed E-state index contributed by atoms with van der Waals surface area (Å²) in [6, 6.07) is -0.237. The highest BCUT2D eigenvalue weighted by Crippen LogP contribution is 2.28. The van der Waals surface area contributed by atoms with Crippen molar-refractivity contribution in [2.24, 2.45) is 5.92 Å². The Hall–Kier alpha value is -2.28. The Balaban J connectivity index is 1.39. The Bertz CT molecular complexity index is 746. The van der Waals surface area contributed by atoms with E-state index in [4.69, 9.17) is 0 Å². The van der Waals surface area contributed by atoms with Gasteiger partial charge in [0.2, 0.25) is 0 Å². The minimum atomic E-state index is -0.525. The number of hydrogen-bond acceptors (Lipinski definition) is 5. The Labute approximate surface area is 146 Å². The van der Waals surface area contributed by atoms with Crippen LogP contribution < -0.4 is 5.32 Å². The van der Waals surface area contributed by atoms with Gasteiger partial charge in [0.15, 0.2) is 0 Å². The maximum Gasteiger partial charge on any atom is 0.271 e. The molecule has 2 N–H and O–H groups in total. The molecule has 2 aromatic rings. The van der Waals surface area contributed by atoms with Crippen molar-refractivity contribution >= 4 is 5.91 Å². The van der Waals surface area contributed by atoms with Gasteiger partial charge in [-0.1, -0.05) is 0 Å². The summed E-state index contributed by atoms with van der Waals surface area (Å²) >= 11 is 0. The molecule has 4 rings (SSSR count). The number of nitrogens with zero attached hydrogens (tertiary/aromatic N) is 4. The van der Waals surface area contributed by atoms with Crippen LogP contribution in [0.3, 0.4) is 0 Å². The molecule has 2 aromatic heterocycles. The number of aromatic nitrogens is 4. The summed E-state index contributed by atoms with van der Waals surface area (Å²) in [5.41, 5.74) is 2.32. The minimum absolute atomic E-state index is 0.237. The van der Waals surface area contributed by atoms with Crippen LogP contribution in [0.2, 0.25) is 0 Å². The van der Waals surface area contributed by atoms with Crippen LogP contribution in [-0.2, 0) is 19.4 Å². The molecule has 3 atom stereocenters. The Kier molecular flexibility index (Phi) is 4.48. The summed E-state index contributed by atoms with van der Waals surface area (Å²) < 4.78 is 2.01. The van der Waals surface area contributed by atoms with Gasteiger partial charge in [-0.2, -0.15) is 0 Å². The summed E-state index contributed by atoms with van der Waals surface area (Å²) in [7, 11) is 0. The zero-order valence-electron chi connectivity index (χ0n) is 14.1. The second kappa shape index (κ2) is 6.92. The van der Waals surface area contributed by atoms with E-state index < -0.39 is 6.10 Å². The third-order valence-corrected chi connectivity index (χ3v) is 5.21. The fourth-order valence-electron chi connectivity index (χ4n) is 3.91. The van der Waals surface area contributed by atoms with Gasteiger partial charge in [0.05, 0.1) is 36.1 Å². The predicted molar refractivity (Wildman–Crippen MR) is 90.9 cm³/mol. The number of amides is 1. The molecule has 7 nitrogen and oxygen atoms in total. The molecule has 7 heteroatoms. The summed E-state index contributed by atoms with van der Waals surface area (Å²) in [5, 5.41) is 13.2. The molecule has 25 heavy (non-hydrogen) atoms. The lowest BCUT2D eigenvalue weighted by atomic mass is 10.0.